The molecule has 1 saturated carbocycles. The van der Waals surface area contributed by atoms with Crippen LogP contribution in [0.2, 0.25) is 0 Å². The van der Waals surface area contributed by atoms with Crippen LogP contribution in [0, 0.1) is 0 Å². The summed E-state index contributed by atoms with van der Waals surface area (Å²) in [7, 11) is 3.04. The Labute approximate surface area is 145 Å². The highest BCUT2D eigenvalue weighted by Gasteiger charge is 2.22. The number of hydrogen-bond donors (Lipinski definition) is 1. The maximum Gasteiger partial charge on any atom is 0.276 e. The van der Waals surface area contributed by atoms with Crippen molar-refractivity contribution in [1.29, 1.82) is 0 Å². The summed E-state index contributed by atoms with van der Waals surface area (Å²) in [6, 6.07) is 8.49. The molecule has 1 heterocycles. The summed E-state index contributed by atoms with van der Waals surface area (Å²) in [5.41, 5.74) is 0.0631. The highest BCUT2D eigenvalue weighted by atomic mass is 16.5. The fourth-order valence-corrected chi connectivity index (χ4v) is 2.98. The molecule has 1 amide bonds. The zero-order valence-corrected chi connectivity index (χ0v) is 14.3. The van der Waals surface area contributed by atoms with Gasteiger partial charge in [0, 0.05) is 6.04 Å². The molecule has 7 nitrogen and oxygen atoms in total. The molecule has 1 aromatic heterocycles. The van der Waals surface area contributed by atoms with Gasteiger partial charge in [-0.2, -0.15) is 5.10 Å². The Hall–Kier alpha value is -2.83. The van der Waals surface area contributed by atoms with E-state index in [9.17, 15) is 9.59 Å². The highest BCUT2D eigenvalue weighted by molar-refractivity contribution is 5.92. The lowest BCUT2D eigenvalue weighted by atomic mass is 10.2. The van der Waals surface area contributed by atoms with E-state index in [4.69, 9.17) is 9.47 Å². The van der Waals surface area contributed by atoms with Crippen LogP contribution in [0.25, 0.3) is 5.69 Å². The second-order valence-electron chi connectivity index (χ2n) is 5.96. The Kier molecular flexibility index (Phi) is 5.02. The predicted octanol–water partition coefficient (Wildman–Crippen LogP) is 1.92. The van der Waals surface area contributed by atoms with Crippen molar-refractivity contribution in [2.75, 3.05) is 14.2 Å². The molecule has 0 spiro atoms. The molecule has 25 heavy (non-hydrogen) atoms. The van der Waals surface area contributed by atoms with E-state index in [1.165, 1.54) is 17.9 Å². The van der Waals surface area contributed by atoms with Crippen molar-refractivity contribution in [2.24, 2.45) is 0 Å². The van der Waals surface area contributed by atoms with Crippen molar-refractivity contribution in [3.8, 4) is 17.3 Å². The van der Waals surface area contributed by atoms with Crippen LogP contribution in [0.1, 0.15) is 36.2 Å². The number of hydrogen-bond acceptors (Lipinski definition) is 5. The van der Waals surface area contributed by atoms with Gasteiger partial charge in [-0.1, -0.05) is 12.8 Å². The first-order chi connectivity index (χ1) is 12.1. The second-order valence-corrected chi connectivity index (χ2v) is 5.96. The number of amides is 1. The molecule has 1 aromatic carbocycles. The third-order valence-corrected chi connectivity index (χ3v) is 4.33. The second kappa shape index (κ2) is 7.38. The van der Waals surface area contributed by atoms with Crippen LogP contribution >= 0.6 is 0 Å². The zero-order valence-electron chi connectivity index (χ0n) is 14.3. The third kappa shape index (κ3) is 3.65. The van der Waals surface area contributed by atoms with Crippen LogP contribution in [0.15, 0.2) is 35.1 Å². The fraction of sp³-hybridized carbons (Fsp3) is 0.389. The SMILES string of the molecule is COc1ccc(-n2nc(C(=O)NC3CCCC3)c(=O)cc2OC)cc1. The van der Waals surface area contributed by atoms with Crippen LogP contribution in [-0.2, 0) is 0 Å². The predicted molar refractivity (Wildman–Crippen MR) is 92.7 cm³/mol. The Morgan fingerprint density at radius 3 is 2.44 bits per heavy atom. The van der Waals surface area contributed by atoms with Crippen LogP contribution in [-0.4, -0.2) is 35.9 Å². The van der Waals surface area contributed by atoms with Gasteiger partial charge in [-0.3, -0.25) is 9.59 Å². The Morgan fingerprint density at radius 1 is 1.16 bits per heavy atom. The molecular formula is C18H21N3O4. The average molecular weight is 343 g/mol. The molecule has 0 aliphatic heterocycles. The summed E-state index contributed by atoms with van der Waals surface area (Å²) < 4.78 is 11.8. The lowest BCUT2D eigenvalue weighted by Gasteiger charge is -2.14. The molecule has 0 radical (unpaired) electrons. The van der Waals surface area contributed by atoms with E-state index in [2.05, 4.69) is 10.4 Å². The maximum atomic E-state index is 12.5. The van der Waals surface area contributed by atoms with E-state index in [-0.39, 0.29) is 17.6 Å². The van der Waals surface area contributed by atoms with Crippen molar-refractivity contribution in [3.63, 3.8) is 0 Å². The van der Waals surface area contributed by atoms with Gasteiger partial charge < -0.3 is 14.8 Å². The number of ether oxygens (including phenoxy) is 2. The van der Waals surface area contributed by atoms with Gasteiger partial charge in [-0.15, -0.1) is 0 Å². The molecule has 132 valence electrons. The number of benzene rings is 1. The molecule has 0 atom stereocenters. The van der Waals surface area contributed by atoms with E-state index in [1.807, 2.05) is 0 Å². The van der Waals surface area contributed by atoms with Gasteiger partial charge in [0.25, 0.3) is 5.91 Å². The summed E-state index contributed by atoms with van der Waals surface area (Å²) in [4.78, 5) is 24.7. The standard InChI is InChI=1S/C18H21N3O4/c1-24-14-9-7-13(8-10-14)21-16(25-2)11-15(22)17(20-21)18(23)19-12-5-3-4-6-12/h7-12H,3-6H2,1-2H3,(H,19,23). The molecule has 3 rings (SSSR count). The van der Waals surface area contributed by atoms with Crippen molar-refractivity contribution < 1.29 is 14.3 Å². The summed E-state index contributed by atoms with van der Waals surface area (Å²) >= 11 is 0. The summed E-state index contributed by atoms with van der Waals surface area (Å²) in [5, 5.41) is 7.13. The van der Waals surface area contributed by atoms with Crippen molar-refractivity contribution in [1.82, 2.24) is 15.1 Å². The van der Waals surface area contributed by atoms with Gasteiger partial charge in [0.05, 0.1) is 26.0 Å². The molecule has 0 saturated heterocycles. The lowest BCUT2D eigenvalue weighted by Crippen LogP contribution is -2.37. The first-order valence-electron chi connectivity index (χ1n) is 8.26. The number of nitrogens with one attached hydrogen (secondary N) is 1. The normalized spacial score (nSPS) is 14.3. The number of carbonyl (C=O) groups is 1. The van der Waals surface area contributed by atoms with Crippen molar-refractivity contribution in [3.05, 3.63) is 46.2 Å². The topological polar surface area (TPSA) is 82.5 Å². The zero-order chi connectivity index (χ0) is 17.8. The largest absolute Gasteiger partial charge is 0.497 e. The minimum Gasteiger partial charge on any atom is -0.497 e. The molecule has 1 N–H and O–H groups in total. The van der Waals surface area contributed by atoms with E-state index < -0.39 is 11.3 Å². The van der Waals surface area contributed by atoms with E-state index in [0.29, 0.717) is 11.4 Å². The summed E-state index contributed by atoms with van der Waals surface area (Å²) in [5.74, 6) is 0.511. The monoisotopic (exact) mass is 343 g/mol. The molecule has 1 fully saturated rings. The number of aromatic nitrogens is 2. The molecular weight excluding hydrogens is 322 g/mol. The quantitative estimate of drug-likeness (QED) is 0.897. The van der Waals surface area contributed by atoms with Gasteiger partial charge in [0.15, 0.2) is 5.69 Å². The van der Waals surface area contributed by atoms with Gasteiger partial charge in [0.2, 0.25) is 11.3 Å². The van der Waals surface area contributed by atoms with Crippen LogP contribution in [0.5, 0.6) is 11.6 Å². The summed E-state index contributed by atoms with van der Waals surface area (Å²) in [6.45, 7) is 0. The van der Waals surface area contributed by atoms with Gasteiger partial charge in [-0.05, 0) is 37.1 Å². The van der Waals surface area contributed by atoms with E-state index in [0.717, 1.165) is 25.7 Å². The van der Waals surface area contributed by atoms with Crippen molar-refractivity contribution >= 4 is 5.91 Å². The molecule has 1 aliphatic rings. The molecule has 7 heteroatoms. The molecule has 0 bridgehead atoms. The maximum absolute atomic E-state index is 12.5. The van der Waals surface area contributed by atoms with Gasteiger partial charge in [-0.25, -0.2) is 4.68 Å². The Balaban J connectivity index is 1.96. The number of rotatable bonds is 5. The van der Waals surface area contributed by atoms with E-state index in [1.54, 1.807) is 31.4 Å². The van der Waals surface area contributed by atoms with Gasteiger partial charge in [0.1, 0.15) is 5.75 Å². The lowest BCUT2D eigenvalue weighted by molar-refractivity contribution is 0.0929. The molecule has 1 aliphatic carbocycles. The first-order valence-corrected chi connectivity index (χ1v) is 8.26. The molecule has 0 unspecified atom stereocenters. The smallest absolute Gasteiger partial charge is 0.276 e. The fourth-order valence-electron chi connectivity index (χ4n) is 2.98. The first kappa shape index (κ1) is 17.0. The van der Waals surface area contributed by atoms with Crippen LogP contribution in [0.3, 0.4) is 0 Å². The minimum atomic E-state index is -0.461. The van der Waals surface area contributed by atoms with Gasteiger partial charge >= 0.3 is 0 Å². The number of methoxy groups -OCH3 is 2. The third-order valence-electron chi connectivity index (χ3n) is 4.33. The number of nitrogens with zero attached hydrogens (tertiary/aromatic N) is 2. The Bertz CT molecular complexity index is 808. The molecule has 2 aromatic rings. The summed E-state index contributed by atoms with van der Waals surface area (Å²) in [6.07, 6.45) is 4.07. The van der Waals surface area contributed by atoms with Crippen LogP contribution < -0.4 is 20.2 Å². The number of carbonyl (C=O) groups excluding carboxylic acids is 1. The van der Waals surface area contributed by atoms with E-state index >= 15 is 0 Å². The minimum absolute atomic E-state index is 0.116. The Morgan fingerprint density at radius 2 is 1.84 bits per heavy atom. The van der Waals surface area contributed by atoms with Crippen LogP contribution in [0.4, 0.5) is 0 Å². The highest BCUT2D eigenvalue weighted by Crippen LogP contribution is 2.20. The average Bonchev–Trinajstić information content (AvgIpc) is 3.14. The van der Waals surface area contributed by atoms with Crippen molar-refractivity contribution in [2.45, 2.75) is 31.7 Å².